The zero-order chi connectivity index (χ0) is 14.5. The van der Waals surface area contributed by atoms with Crippen molar-refractivity contribution in [2.45, 2.75) is 38.3 Å². The summed E-state index contributed by atoms with van der Waals surface area (Å²) in [7, 11) is 0. The number of rotatable bonds is 5. The molecule has 0 radical (unpaired) electrons. The topological polar surface area (TPSA) is 39.7 Å². The number of halogens is 1. The van der Waals surface area contributed by atoms with E-state index in [9.17, 15) is 0 Å². The predicted octanol–water partition coefficient (Wildman–Crippen LogP) is 3.16. The van der Waals surface area contributed by atoms with E-state index in [0.29, 0.717) is 30.1 Å². The van der Waals surface area contributed by atoms with Gasteiger partial charge in [-0.15, -0.1) is 0 Å². The molecule has 1 atom stereocenters. The number of hydrogen-bond donors (Lipinski definition) is 1. The van der Waals surface area contributed by atoms with Crippen molar-refractivity contribution >= 4 is 11.6 Å². The minimum atomic E-state index is 0.426. The van der Waals surface area contributed by atoms with E-state index in [1.807, 2.05) is 12.1 Å². The molecule has 2 heterocycles. The second-order valence-electron chi connectivity index (χ2n) is 5.56. The summed E-state index contributed by atoms with van der Waals surface area (Å²) in [6, 6.07) is 3.95. The average molecular weight is 312 g/mol. The van der Waals surface area contributed by atoms with Crippen LogP contribution in [0, 0.1) is 0 Å². The van der Waals surface area contributed by atoms with Crippen molar-refractivity contribution in [2.24, 2.45) is 0 Å². The molecule has 1 fully saturated rings. The monoisotopic (exact) mass is 311 g/mol. The van der Waals surface area contributed by atoms with E-state index < -0.39 is 0 Å². The molecule has 0 amide bonds. The number of nitrogens with one attached hydrogen (secondary N) is 1. The number of ether oxygens (including phenoxy) is 3. The van der Waals surface area contributed by atoms with E-state index >= 15 is 0 Å². The zero-order valence-electron chi connectivity index (χ0n) is 12.2. The van der Waals surface area contributed by atoms with Gasteiger partial charge in [0.15, 0.2) is 11.5 Å². The molecular formula is C16H22ClNO3. The second-order valence-corrected chi connectivity index (χ2v) is 5.96. The van der Waals surface area contributed by atoms with Crippen LogP contribution in [0.5, 0.6) is 11.5 Å². The lowest BCUT2D eigenvalue weighted by Crippen LogP contribution is -2.25. The SMILES string of the molecule is Clc1cc(CNCCC2CCCCO2)cc2c1OCCO2. The Hall–Kier alpha value is -0.970. The van der Waals surface area contributed by atoms with Gasteiger partial charge in [-0.2, -0.15) is 0 Å². The zero-order valence-corrected chi connectivity index (χ0v) is 13.0. The molecular weight excluding hydrogens is 290 g/mol. The molecule has 1 aromatic rings. The fourth-order valence-corrected chi connectivity index (χ4v) is 3.08. The summed E-state index contributed by atoms with van der Waals surface area (Å²) >= 11 is 6.23. The Morgan fingerprint density at radius 1 is 1.14 bits per heavy atom. The Balaban J connectivity index is 1.47. The van der Waals surface area contributed by atoms with Gasteiger partial charge in [-0.1, -0.05) is 11.6 Å². The maximum atomic E-state index is 6.23. The van der Waals surface area contributed by atoms with Crippen molar-refractivity contribution in [3.8, 4) is 11.5 Å². The molecule has 1 aromatic carbocycles. The highest BCUT2D eigenvalue weighted by Gasteiger charge is 2.17. The van der Waals surface area contributed by atoms with E-state index in [-0.39, 0.29) is 0 Å². The summed E-state index contributed by atoms with van der Waals surface area (Å²) in [4.78, 5) is 0. The third kappa shape index (κ3) is 4.02. The van der Waals surface area contributed by atoms with E-state index in [1.165, 1.54) is 19.3 Å². The van der Waals surface area contributed by atoms with Gasteiger partial charge < -0.3 is 19.5 Å². The molecule has 0 saturated carbocycles. The summed E-state index contributed by atoms with van der Waals surface area (Å²) in [5.41, 5.74) is 1.12. The van der Waals surface area contributed by atoms with Crippen LogP contribution in [-0.2, 0) is 11.3 Å². The van der Waals surface area contributed by atoms with Crippen molar-refractivity contribution < 1.29 is 14.2 Å². The standard InChI is InChI=1S/C16H22ClNO3/c17-14-9-12(10-15-16(14)21-8-7-20-15)11-18-5-4-13-3-1-2-6-19-13/h9-10,13,18H,1-8,11H2. The number of fused-ring (bicyclic) bond motifs is 1. The fourth-order valence-electron chi connectivity index (χ4n) is 2.80. The third-order valence-corrected chi connectivity index (χ3v) is 4.18. The van der Waals surface area contributed by atoms with Gasteiger partial charge in [-0.3, -0.25) is 0 Å². The molecule has 1 unspecified atom stereocenters. The minimum absolute atomic E-state index is 0.426. The molecule has 1 N–H and O–H groups in total. The van der Waals surface area contributed by atoms with Gasteiger partial charge in [-0.25, -0.2) is 0 Å². The molecule has 0 aliphatic carbocycles. The predicted molar refractivity (Wildman–Crippen MR) is 82.4 cm³/mol. The Morgan fingerprint density at radius 2 is 2.05 bits per heavy atom. The van der Waals surface area contributed by atoms with Gasteiger partial charge in [0, 0.05) is 13.2 Å². The van der Waals surface area contributed by atoms with Gasteiger partial charge in [0.2, 0.25) is 0 Å². The van der Waals surface area contributed by atoms with E-state index in [4.69, 9.17) is 25.8 Å². The third-order valence-electron chi connectivity index (χ3n) is 3.90. The molecule has 1 saturated heterocycles. The first-order valence-electron chi connectivity index (χ1n) is 7.73. The van der Waals surface area contributed by atoms with Gasteiger partial charge in [0.1, 0.15) is 13.2 Å². The van der Waals surface area contributed by atoms with Crippen LogP contribution in [0.25, 0.3) is 0 Å². The Bertz CT molecular complexity index is 475. The first-order valence-corrected chi connectivity index (χ1v) is 8.11. The summed E-state index contributed by atoms with van der Waals surface area (Å²) < 4.78 is 16.8. The molecule has 4 nitrogen and oxygen atoms in total. The molecule has 0 spiro atoms. The van der Waals surface area contributed by atoms with Crippen LogP contribution in [-0.4, -0.2) is 32.5 Å². The van der Waals surface area contributed by atoms with Gasteiger partial charge in [0.25, 0.3) is 0 Å². The van der Waals surface area contributed by atoms with Crippen molar-refractivity contribution in [1.82, 2.24) is 5.32 Å². The molecule has 0 aromatic heterocycles. The highest BCUT2D eigenvalue weighted by atomic mass is 35.5. The molecule has 2 aliphatic rings. The van der Waals surface area contributed by atoms with Gasteiger partial charge >= 0.3 is 0 Å². The number of benzene rings is 1. The molecule has 21 heavy (non-hydrogen) atoms. The largest absolute Gasteiger partial charge is 0.486 e. The van der Waals surface area contributed by atoms with E-state index in [2.05, 4.69) is 5.32 Å². The lowest BCUT2D eigenvalue weighted by molar-refractivity contribution is 0.0115. The Morgan fingerprint density at radius 3 is 2.90 bits per heavy atom. The second kappa shape index (κ2) is 7.34. The number of hydrogen-bond acceptors (Lipinski definition) is 4. The van der Waals surface area contributed by atoms with Crippen molar-refractivity contribution in [1.29, 1.82) is 0 Å². The molecule has 116 valence electrons. The van der Waals surface area contributed by atoms with Crippen molar-refractivity contribution in [3.63, 3.8) is 0 Å². The Labute approximate surface area is 130 Å². The van der Waals surface area contributed by atoms with E-state index in [1.54, 1.807) is 0 Å². The molecule has 3 rings (SSSR count). The molecule has 0 bridgehead atoms. The molecule has 2 aliphatic heterocycles. The van der Waals surface area contributed by atoms with Crippen molar-refractivity contribution in [3.05, 3.63) is 22.7 Å². The first kappa shape index (κ1) is 14.9. The van der Waals surface area contributed by atoms with Crippen LogP contribution in [0.2, 0.25) is 5.02 Å². The van der Waals surface area contributed by atoms with Crippen LogP contribution in [0.15, 0.2) is 12.1 Å². The average Bonchev–Trinajstić information content (AvgIpc) is 2.53. The van der Waals surface area contributed by atoms with Crippen LogP contribution in [0.4, 0.5) is 0 Å². The normalized spacial score (nSPS) is 21.3. The van der Waals surface area contributed by atoms with Crippen LogP contribution < -0.4 is 14.8 Å². The fraction of sp³-hybridized carbons (Fsp3) is 0.625. The van der Waals surface area contributed by atoms with Crippen molar-refractivity contribution in [2.75, 3.05) is 26.4 Å². The lowest BCUT2D eigenvalue weighted by atomic mass is 10.1. The highest BCUT2D eigenvalue weighted by molar-refractivity contribution is 6.32. The minimum Gasteiger partial charge on any atom is -0.486 e. The van der Waals surface area contributed by atoms with Crippen LogP contribution >= 0.6 is 11.6 Å². The van der Waals surface area contributed by atoms with Gasteiger partial charge in [0.05, 0.1) is 11.1 Å². The van der Waals surface area contributed by atoms with E-state index in [0.717, 1.165) is 37.4 Å². The van der Waals surface area contributed by atoms with Gasteiger partial charge in [-0.05, 0) is 49.9 Å². The van der Waals surface area contributed by atoms with Crippen LogP contribution in [0.1, 0.15) is 31.2 Å². The Kier molecular flexibility index (Phi) is 5.22. The van der Waals surface area contributed by atoms with Crippen LogP contribution in [0.3, 0.4) is 0 Å². The quantitative estimate of drug-likeness (QED) is 0.848. The summed E-state index contributed by atoms with van der Waals surface area (Å²) in [6.45, 7) is 3.80. The molecule has 5 heteroatoms. The smallest absolute Gasteiger partial charge is 0.179 e. The maximum absolute atomic E-state index is 6.23. The summed E-state index contributed by atoms with van der Waals surface area (Å²) in [6.07, 6.45) is 5.19. The first-order chi connectivity index (χ1) is 10.3. The lowest BCUT2D eigenvalue weighted by Gasteiger charge is -2.23. The highest BCUT2D eigenvalue weighted by Crippen LogP contribution is 2.38. The maximum Gasteiger partial charge on any atom is 0.179 e. The summed E-state index contributed by atoms with van der Waals surface area (Å²) in [5, 5.41) is 4.07. The summed E-state index contributed by atoms with van der Waals surface area (Å²) in [5.74, 6) is 1.42.